The first-order valence-electron chi connectivity index (χ1n) is 9.39. The van der Waals surface area contributed by atoms with Crippen molar-refractivity contribution in [2.45, 2.75) is 25.9 Å². The van der Waals surface area contributed by atoms with Crippen molar-refractivity contribution in [1.82, 2.24) is 19.8 Å². The molecule has 1 fully saturated rings. The van der Waals surface area contributed by atoms with E-state index >= 15 is 0 Å². The molecule has 1 amide bonds. The quantitative estimate of drug-likeness (QED) is 0.707. The Balaban J connectivity index is 1.41. The minimum atomic E-state index is -0.108. The first-order valence-corrected chi connectivity index (χ1v) is 9.77. The molecule has 5 nitrogen and oxygen atoms in total. The third-order valence-corrected chi connectivity index (χ3v) is 5.32. The summed E-state index contributed by atoms with van der Waals surface area (Å²) in [4.78, 5) is 19.4. The van der Waals surface area contributed by atoms with Crippen LogP contribution in [0.2, 0.25) is 5.02 Å². The number of hydrogen-bond donors (Lipinski definition) is 1. The van der Waals surface area contributed by atoms with Crippen LogP contribution in [-0.2, 0) is 13.1 Å². The van der Waals surface area contributed by atoms with Crippen molar-refractivity contribution in [3.8, 4) is 0 Å². The lowest BCUT2D eigenvalue weighted by Gasteiger charge is -2.15. The van der Waals surface area contributed by atoms with E-state index in [1.807, 2.05) is 48.8 Å². The molecule has 2 aromatic carbocycles. The van der Waals surface area contributed by atoms with Crippen molar-refractivity contribution in [2.24, 2.45) is 0 Å². The second kappa shape index (κ2) is 8.11. The summed E-state index contributed by atoms with van der Waals surface area (Å²) < 4.78 is 2.17. The summed E-state index contributed by atoms with van der Waals surface area (Å²) in [6.07, 6.45) is 4.48. The Kier molecular flexibility index (Phi) is 5.41. The number of carbonyl (C=O) groups excluding carboxylic acids is 1. The summed E-state index contributed by atoms with van der Waals surface area (Å²) in [6, 6.07) is 13.2. The molecule has 1 aliphatic heterocycles. The van der Waals surface area contributed by atoms with Crippen molar-refractivity contribution < 1.29 is 4.79 Å². The highest BCUT2D eigenvalue weighted by Crippen LogP contribution is 2.16. The monoisotopic (exact) mass is 382 g/mol. The minimum absolute atomic E-state index is 0.108. The Morgan fingerprint density at radius 2 is 1.96 bits per heavy atom. The number of fused-ring (bicyclic) bond motifs is 1. The van der Waals surface area contributed by atoms with E-state index in [2.05, 4.69) is 19.8 Å². The summed E-state index contributed by atoms with van der Waals surface area (Å²) >= 11 is 5.99. The van der Waals surface area contributed by atoms with Gasteiger partial charge in [-0.1, -0.05) is 23.7 Å². The Morgan fingerprint density at radius 3 is 2.78 bits per heavy atom. The van der Waals surface area contributed by atoms with Crippen LogP contribution in [0.4, 0.5) is 0 Å². The average Bonchev–Trinajstić information content (AvgIpc) is 3.33. The first kappa shape index (κ1) is 18.0. The molecule has 140 valence electrons. The largest absolute Gasteiger partial charge is 0.348 e. The predicted octanol–water partition coefficient (Wildman–Crippen LogP) is 3.72. The van der Waals surface area contributed by atoms with Crippen LogP contribution in [0.15, 0.2) is 48.8 Å². The number of imidazole rings is 1. The maximum absolute atomic E-state index is 12.5. The molecule has 1 aromatic heterocycles. The van der Waals surface area contributed by atoms with Gasteiger partial charge in [-0.3, -0.25) is 4.79 Å². The molecule has 27 heavy (non-hydrogen) atoms. The van der Waals surface area contributed by atoms with Crippen molar-refractivity contribution in [3.63, 3.8) is 0 Å². The zero-order valence-corrected chi connectivity index (χ0v) is 16.0. The van der Waals surface area contributed by atoms with Gasteiger partial charge in [-0.05, 0) is 61.8 Å². The van der Waals surface area contributed by atoms with Crippen molar-refractivity contribution in [3.05, 3.63) is 64.9 Å². The van der Waals surface area contributed by atoms with E-state index in [-0.39, 0.29) is 5.91 Å². The van der Waals surface area contributed by atoms with Crippen LogP contribution in [0.3, 0.4) is 0 Å². The first-order chi connectivity index (χ1) is 13.2. The van der Waals surface area contributed by atoms with Crippen LogP contribution < -0.4 is 5.32 Å². The van der Waals surface area contributed by atoms with Gasteiger partial charge in [0.25, 0.3) is 5.91 Å². The zero-order chi connectivity index (χ0) is 18.6. The Hall–Kier alpha value is -2.37. The van der Waals surface area contributed by atoms with Gasteiger partial charge in [0.2, 0.25) is 0 Å². The van der Waals surface area contributed by atoms with Crippen LogP contribution in [-0.4, -0.2) is 40.0 Å². The number of amides is 1. The normalized spacial score (nSPS) is 14.7. The lowest BCUT2D eigenvalue weighted by molar-refractivity contribution is 0.0951. The van der Waals surface area contributed by atoms with Crippen LogP contribution in [0, 0.1) is 0 Å². The molecule has 1 N–H and O–H groups in total. The average molecular weight is 383 g/mol. The summed E-state index contributed by atoms with van der Waals surface area (Å²) in [5.41, 5.74) is 3.52. The maximum Gasteiger partial charge on any atom is 0.251 e. The second-order valence-electron chi connectivity index (χ2n) is 7.00. The topological polar surface area (TPSA) is 50.2 Å². The van der Waals surface area contributed by atoms with Crippen LogP contribution in [0.1, 0.15) is 28.8 Å². The van der Waals surface area contributed by atoms with E-state index in [1.54, 1.807) is 0 Å². The molecular weight excluding hydrogens is 360 g/mol. The lowest BCUT2D eigenvalue weighted by atomic mass is 10.1. The molecular formula is C21H23ClN4O. The highest BCUT2D eigenvalue weighted by molar-refractivity contribution is 6.30. The molecule has 0 atom stereocenters. The minimum Gasteiger partial charge on any atom is -0.348 e. The van der Waals surface area contributed by atoms with Gasteiger partial charge in [0.1, 0.15) is 0 Å². The standard InChI is InChI=1S/C21H23ClN4O/c22-18-5-3-4-16(12-18)14-23-21(27)17-6-7-20-19(13-17)24-15-26(20)11-10-25-8-1-2-9-25/h3-7,12-13,15H,1-2,8-11,14H2,(H,23,27). The zero-order valence-electron chi connectivity index (χ0n) is 15.2. The highest BCUT2D eigenvalue weighted by Gasteiger charge is 2.13. The lowest BCUT2D eigenvalue weighted by Crippen LogP contribution is -2.24. The highest BCUT2D eigenvalue weighted by atomic mass is 35.5. The number of hydrogen-bond acceptors (Lipinski definition) is 3. The second-order valence-corrected chi connectivity index (χ2v) is 7.44. The third-order valence-electron chi connectivity index (χ3n) is 5.08. The number of carbonyl (C=O) groups is 1. The van der Waals surface area contributed by atoms with Gasteiger partial charge in [-0.15, -0.1) is 0 Å². The molecule has 0 radical (unpaired) electrons. The number of nitrogens with zero attached hydrogens (tertiary/aromatic N) is 3. The molecule has 0 unspecified atom stereocenters. The summed E-state index contributed by atoms with van der Waals surface area (Å²) in [6.45, 7) is 4.82. The smallest absolute Gasteiger partial charge is 0.251 e. The van der Waals surface area contributed by atoms with Crippen LogP contribution >= 0.6 is 11.6 Å². The van der Waals surface area contributed by atoms with E-state index in [1.165, 1.54) is 25.9 Å². The van der Waals surface area contributed by atoms with Gasteiger partial charge in [0.15, 0.2) is 0 Å². The van der Waals surface area contributed by atoms with E-state index in [9.17, 15) is 4.79 Å². The predicted molar refractivity (Wildman–Crippen MR) is 108 cm³/mol. The van der Waals surface area contributed by atoms with Crippen molar-refractivity contribution >= 4 is 28.5 Å². The number of aromatic nitrogens is 2. The van der Waals surface area contributed by atoms with Gasteiger partial charge >= 0.3 is 0 Å². The fourth-order valence-corrected chi connectivity index (χ4v) is 3.78. The fourth-order valence-electron chi connectivity index (χ4n) is 3.57. The number of halogens is 1. The summed E-state index contributed by atoms with van der Waals surface area (Å²) in [7, 11) is 0. The molecule has 4 rings (SSSR count). The Morgan fingerprint density at radius 1 is 1.11 bits per heavy atom. The van der Waals surface area contributed by atoms with Crippen LogP contribution in [0.5, 0.6) is 0 Å². The summed E-state index contributed by atoms with van der Waals surface area (Å²) in [5.74, 6) is -0.108. The molecule has 0 saturated carbocycles. The van der Waals surface area contributed by atoms with Gasteiger partial charge in [0.05, 0.1) is 17.4 Å². The van der Waals surface area contributed by atoms with Crippen molar-refractivity contribution in [1.29, 1.82) is 0 Å². The number of rotatable bonds is 6. The van der Waals surface area contributed by atoms with E-state index in [4.69, 9.17) is 11.6 Å². The van der Waals surface area contributed by atoms with Gasteiger partial charge in [-0.25, -0.2) is 4.98 Å². The molecule has 2 heterocycles. The van der Waals surface area contributed by atoms with Gasteiger partial charge in [-0.2, -0.15) is 0 Å². The number of benzene rings is 2. The number of nitrogens with one attached hydrogen (secondary N) is 1. The molecule has 3 aromatic rings. The molecule has 1 saturated heterocycles. The fraction of sp³-hybridized carbons (Fsp3) is 0.333. The van der Waals surface area contributed by atoms with Gasteiger partial charge < -0.3 is 14.8 Å². The Bertz CT molecular complexity index is 946. The van der Waals surface area contributed by atoms with Crippen molar-refractivity contribution in [2.75, 3.05) is 19.6 Å². The molecule has 0 spiro atoms. The molecule has 1 aliphatic rings. The van der Waals surface area contributed by atoms with E-state index in [0.29, 0.717) is 17.1 Å². The molecule has 0 bridgehead atoms. The SMILES string of the molecule is O=C(NCc1cccc(Cl)c1)c1ccc2c(c1)ncn2CCN1CCCC1. The van der Waals surface area contributed by atoms with Crippen LogP contribution in [0.25, 0.3) is 11.0 Å². The molecule has 6 heteroatoms. The number of likely N-dealkylation sites (tertiary alicyclic amines) is 1. The maximum atomic E-state index is 12.5. The van der Waals surface area contributed by atoms with E-state index in [0.717, 1.165) is 29.7 Å². The summed E-state index contributed by atoms with van der Waals surface area (Å²) in [5, 5.41) is 3.61. The van der Waals surface area contributed by atoms with Gasteiger partial charge in [0, 0.05) is 30.2 Å². The third kappa shape index (κ3) is 4.31. The molecule has 0 aliphatic carbocycles. The Labute approximate surface area is 163 Å². The van der Waals surface area contributed by atoms with E-state index < -0.39 is 0 Å².